The zero-order valence-corrected chi connectivity index (χ0v) is 14.5. The van der Waals surface area contributed by atoms with E-state index in [1.807, 2.05) is 0 Å². The quantitative estimate of drug-likeness (QED) is 0.644. The Morgan fingerprint density at radius 3 is 2.36 bits per heavy atom. The maximum Gasteiger partial charge on any atom is 0.271 e. The minimum absolute atomic E-state index is 0.0801. The number of hydrogen-bond acceptors (Lipinski definition) is 3. The highest BCUT2D eigenvalue weighted by molar-refractivity contribution is 9.10. The molecule has 0 fully saturated rings. The second kappa shape index (κ2) is 7.57. The predicted molar refractivity (Wildman–Crippen MR) is 92.4 cm³/mol. The molecule has 0 unspecified atom stereocenters. The standard InChI is InChI=1S/C18H13BrF2N2O2/c19-16-17(25-10-13-4-2-6-15(21)8-13)22-11-23(18(16)24)9-12-3-1-5-14(20)7-12/h1-8,11H,9-10H2. The first-order valence-electron chi connectivity index (χ1n) is 7.39. The second-order valence-electron chi connectivity index (χ2n) is 5.35. The third-order valence-corrected chi connectivity index (χ3v) is 4.14. The third kappa shape index (κ3) is 4.30. The molecular formula is C18H13BrF2N2O2. The number of halogens is 3. The molecule has 25 heavy (non-hydrogen) atoms. The van der Waals surface area contributed by atoms with Gasteiger partial charge in [-0.2, -0.15) is 0 Å². The average molecular weight is 407 g/mol. The van der Waals surface area contributed by atoms with Crippen molar-refractivity contribution in [3.63, 3.8) is 0 Å². The van der Waals surface area contributed by atoms with Gasteiger partial charge in [0, 0.05) is 0 Å². The Kier molecular flexibility index (Phi) is 5.23. The topological polar surface area (TPSA) is 44.1 Å². The molecule has 0 saturated carbocycles. The van der Waals surface area contributed by atoms with Crippen LogP contribution in [-0.4, -0.2) is 9.55 Å². The molecule has 0 saturated heterocycles. The van der Waals surface area contributed by atoms with Crippen molar-refractivity contribution in [3.05, 3.63) is 92.4 Å². The summed E-state index contributed by atoms with van der Waals surface area (Å²) in [5.74, 6) is -0.615. The number of nitrogens with zero attached hydrogens (tertiary/aromatic N) is 2. The lowest BCUT2D eigenvalue weighted by Crippen LogP contribution is -2.22. The van der Waals surface area contributed by atoms with E-state index in [0.717, 1.165) is 0 Å². The zero-order valence-electron chi connectivity index (χ0n) is 13.0. The van der Waals surface area contributed by atoms with Crippen LogP contribution in [0.25, 0.3) is 0 Å². The Labute approximate surface area is 150 Å². The van der Waals surface area contributed by atoms with Crippen molar-refractivity contribution >= 4 is 15.9 Å². The summed E-state index contributed by atoms with van der Waals surface area (Å²) in [6.45, 7) is 0.267. The largest absolute Gasteiger partial charge is 0.472 e. The molecule has 0 radical (unpaired) electrons. The monoisotopic (exact) mass is 406 g/mol. The van der Waals surface area contributed by atoms with E-state index in [1.54, 1.807) is 24.3 Å². The van der Waals surface area contributed by atoms with Gasteiger partial charge in [0.2, 0.25) is 5.88 Å². The van der Waals surface area contributed by atoms with Crippen LogP contribution in [-0.2, 0) is 13.2 Å². The molecule has 128 valence electrons. The van der Waals surface area contributed by atoms with Gasteiger partial charge in [0.1, 0.15) is 29.0 Å². The molecule has 0 aliphatic carbocycles. The Morgan fingerprint density at radius 2 is 1.68 bits per heavy atom. The first-order chi connectivity index (χ1) is 12.0. The van der Waals surface area contributed by atoms with Gasteiger partial charge in [-0.3, -0.25) is 9.36 Å². The first kappa shape index (κ1) is 17.3. The molecule has 1 heterocycles. The Bertz CT molecular complexity index is 960. The lowest BCUT2D eigenvalue weighted by molar-refractivity contribution is 0.288. The van der Waals surface area contributed by atoms with E-state index in [0.29, 0.717) is 11.1 Å². The average Bonchev–Trinajstić information content (AvgIpc) is 2.58. The summed E-state index contributed by atoms with van der Waals surface area (Å²) in [4.78, 5) is 16.5. The molecule has 0 aliphatic rings. The highest BCUT2D eigenvalue weighted by atomic mass is 79.9. The van der Waals surface area contributed by atoms with Gasteiger partial charge in [0.25, 0.3) is 5.56 Å². The summed E-state index contributed by atoms with van der Waals surface area (Å²) in [7, 11) is 0. The van der Waals surface area contributed by atoms with Crippen LogP contribution in [0.15, 0.2) is 64.1 Å². The normalized spacial score (nSPS) is 10.7. The molecule has 0 bridgehead atoms. The van der Waals surface area contributed by atoms with E-state index in [2.05, 4.69) is 20.9 Å². The minimum atomic E-state index is -0.368. The number of ether oxygens (including phenoxy) is 1. The summed E-state index contributed by atoms with van der Waals surface area (Å²) in [5.41, 5.74) is 0.912. The summed E-state index contributed by atoms with van der Waals surface area (Å²) in [6, 6.07) is 12.0. The van der Waals surface area contributed by atoms with Crippen molar-refractivity contribution in [1.29, 1.82) is 0 Å². The summed E-state index contributed by atoms with van der Waals surface area (Å²) < 4.78 is 33.4. The molecule has 2 aromatic carbocycles. The fraction of sp³-hybridized carbons (Fsp3) is 0.111. The minimum Gasteiger partial charge on any atom is -0.472 e. The highest BCUT2D eigenvalue weighted by Crippen LogP contribution is 2.19. The number of hydrogen-bond donors (Lipinski definition) is 0. The molecule has 0 aliphatic heterocycles. The van der Waals surface area contributed by atoms with Crippen LogP contribution in [0.1, 0.15) is 11.1 Å². The van der Waals surface area contributed by atoms with E-state index in [9.17, 15) is 13.6 Å². The van der Waals surface area contributed by atoms with Crippen LogP contribution in [0.5, 0.6) is 5.88 Å². The van der Waals surface area contributed by atoms with Crippen LogP contribution >= 0.6 is 15.9 Å². The molecule has 3 rings (SSSR count). The van der Waals surface area contributed by atoms with Gasteiger partial charge in [0.15, 0.2) is 0 Å². The second-order valence-corrected chi connectivity index (χ2v) is 6.14. The lowest BCUT2D eigenvalue weighted by atomic mass is 10.2. The van der Waals surface area contributed by atoms with Crippen molar-refractivity contribution in [3.8, 4) is 5.88 Å². The van der Waals surface area contributed by atoms with Crippen molar-refractivity contribution < 1.29 is 13.5 Å². The molecule has 0 amide bonds. The van der Waals surface area contributed by atoms with Gasteiger partial charge in [-0.15, -0.1) is 0 Å². The number of benzene rings is 2. The molecule has 1 aromatic heterocycles. The van der Waals surface area contributed by atoms with Crippen LogP contribution in [0.2, 0.25) is 0 Å². The number of rotatable bonds is 5. The maximum absolute atomic E-state index is 13.2. The molecule has 3 aromatic rings. The van der Waals surface area contributed by atoms with E-state index in [-0.39, 0.29) is 40.7 Å². The van der Waals surface area contributed by atoms with Crippen LogP contribution in [0, 0.1) is 11.6 Å². The molecule has 0 N–H and O–H groups in total. The Morgan fingerprint density at radius 1 is 1.04 bits per heavy atom. The summed E-state index contributed by atoms with van der Waals surface area (Å²) in [6.07, 6.45) is 1.33. The van der Waals surface area contributed by atoms with Crippen molar-refractivity contribution in [1.82, 2.24) is 9.55 Å². The fourth-order valence-corrected chi connectivity index (χ4v) is 2.72. The van der Waals surface area contributed by atoms with Crippen LogP contribution in [0.3, 0.4) is 0 Å². The van der Waals surface area contributed by atoms with E-state index < -0.39 is 0 Å². The fourth-order valence-electron chi connectivity index (χ4n) is 2.27. The Hall–Kier alpha value is -2.54. The predicted octanol–water partition coefficient (Wildman–Crippen LogP) is 3.91. The molecule has 0 spiro atoms. The zero-order chi connectivity index (χ0) is 17.8. The van der Waals surface area contributed by atoms with Gasteiger partial charge in [-0.1, -0.05) is 24.3 Å². The lowest BCUT2D eigenvalue weighted by Gasteiger charge is -2.10. The van der Waals surface area contributed by atoms with Gasteiger partial charge in [-0.05, 0) is 51.3 Å². The van der Waals surface area contributed by atoms with Crippen LogP contribution < -0.4 is 10.3 Å². The summed E-state index contributed by atoms with van der Waals surface area (Å²) in [5, 5.41) is 0. The van der Waals surface area contributed by atoms with Gasteiger partial charge in [-0.25, -0.2) is 13.8 Å². The van der Waals surface area contributed by atoms with Gasteiger partial charge in [0.05, 0.1) is 6.54 Å². The Balaban J connectivity index is 1.77. The van der Waals surface area contributed by atoms with Gasteiger partial charge >= 0.3 is 0 Å². The van der Waals surface area contributed by atoms with Crippen LogP contribution in [0.4, 0.5) is 8.78 Å². The molecule has 4 nitrogen and oxygen atoms in total. The molecule has 0 atom stereocenters. The van der Waals surface area contributed by atoms with Gasteiger partial charge < -0.3 is 4.74 Å². The molecular weight excluding hydrogens is 394 g/mol. The maximum atomic E-state index is 13.2. The smallest absolute Gasteiger partial charge is 0.271 e. The SMILES string of the molecule is O=c1c(Br)c(OCc2cccc(F)c2)ncn1Cc1cccc(F)c1. The number of aromatic nitrogens is 2. The molecule has 7 heteroatoms. The van der Waals surface area contributed by atoms with Crippen molar-refractivity contribution in [2.24, 2.45) is 0 Å². The third-order valence-electron chi connectivity index (χ3n) is 3.46. The first-order valence-corrected chi connectivity index (χ1v) is 8.19. The summed E-state index contributed by atoms with van der Waals surface area (Å²) >= 11 is 3.18. The highest BCUT2D eigenvalue weighted by Gasteiger charge is 2.11. The van der Waals surface area contributed by atoms with E-state index >= 15 is 0 Å². The van der Waals surface area contributed by atoms with Crippen molar-refractivity contribution in [2.45, 2.75) is 13.2 Å². The van der Waals surface area contributed by atoms with E-state index in [1.165, 1.54) is 35.2 Å². The van der Waals surface area contributed by atoms with Crippen molar-refractivity contribution in [2.75, 3.05) is 0 Å². The van der Waals surface area contributed by atoms with E-state index in [4.69, 9.17) is 4.74 Å².